The van der Waals surface area contributed by atoms with Crippen molar-refractivity contribution in [3.8, 4) is 16.9 Å². The lowest BCUT2D eigenvalue weighted by atomic mass is 10.1. The van der Waals surface area contributed by atoms with Crippen molar-refractivity contribution in [1.82, 2.24) is 29.6 Å². The summed E-state index contributed by atoms with van der Waals surface area (Å²) in [5.41, 5.74) is 4.36. The zero-order valence-electron chi connectivity index (χ0n) is 17.7. The van der Waals surface area contributed by atoms with Crippen molar-refractivity contribution in [1.29, 1.82) is 0 Å². The van der Waals surface area contributed by atoms with Gasteiger partial charge in [-0.05, 0) is 43.2 Å². The Kier molecular flexibility index (Phi) is 5.61. The van der Waals surface area contributed by atoms with E-state index in [1.165, 1.54) is 12.8 Å². The monoisotopic (exact) mass is 424 g/mol. The minimum atomic E-state index is -0.166. The van der Waals surface area contributed by atoms with E-state index >= 15 is 0 Å². The van der Waals surface area contributed by atoms with E-state index in [9.17, 15) is 4.79 Å². The number of aryl methyl sites for hydroxylation is 2. The van der Waals surface area contributed by atoms with Crippen LogP contribution in [0.5, 0.6) is 0 Å². The van der Waals surface area contributed by atoms with Gasteiger partial charge in [0.2, 0.25) is 5.91 Å². The predicted octanol–water partition coefficient (Wildman–Crippen LogP) is 3.80. The van der Waals surface area contributed by atoms with E-state index in [4.69, 9.17) is 5.10 Å². The van der Waals surface area contributed by atoms with Gasteiger partial charge in [-0.25, -0.2) is 9.67 Å². The molecule has 0 fully saturated rings. The lowest BCUT2D eigenvalue weighted by molar-refractivity contribution is -0.116. The summed E-state index contributed by atoms with van der Waals surface area (Å²) < 4.78 is 4.01. The molecule has 1 amide bonds. The molecule has 0 aliphatic carbocycles. The maximum Gasteiger partial charge on any atom is 0.244 e. The van der Waals surface area contributed by atoms with Crippen molar-refractivity contribution in [3.63, 3.8) is 0 Å². The largest absolute Gasteiger partial charge is 0.347 e. The molecule has 3 aromatic heterocycles. The first-order valence-electron chi connectivity index (χ1n) is 10.8. The second kappa shape index (κ2) is 9.01. The third-order valence-corrected chi connectivity index (χ3v) is 5.51. The van der Waals surface area contributed by atoms with Crippen LogP contribution in [0.25, 0.3) is 23.0 Å². The smallest absolute Gasteiger partial charge is 0.244 e. The fraction of sp³-hybridized carbons (Fsp3) is 0.200. The Hall–Kier alpha value is -4.00. The number of carbonyl (C=O) groups is 1. The van der Waals surface area contributed by atoms with Crippen LogP contribution in [0.4, 0.5) is 0 Å². The number of hydrogen-bond donors (Lipinski definition) is 1. The van der Waals surface area contributed by atoms with E-state index in [2.05, 4.69) is 19.9 Å². The van der Waals surface area contributed by atoms with Crippen molar-refractivity contribution < 1.29 is 4.79 Å². The first-order valence-corrected chi connectivity index (χ1v) is 10.8. The summed E-state index contributed by atoms with van der Waals surface area (Å²) in [6.07, 6.45) is 14.2. The molecule has 0 spiro atoms. The number of aromatic nitrogens is 5. The predicted molar refractivity (Wildman–Crippen MR) is 123 cm³/mol. The molecule has 0 bridgehead atoms. The van der Waals surface area contributed by atoms with Gasteiger partial charge >= 0.3 is 0 Å². The number of carbonyl (C=O) groups excluding carboxylic acids is 1. The highest BCUT2D eigenvalue weighted by Gasteiger charge is 2.13. The van der Waals surface area contributed by atoms with Crippen LogP contribution in [0.1, 0.15) is 29.9 Å². The van der Waals surface area contributed by atoms with E-state index < -0.39 is 0 Å². The second-order valence-corrected chi connectivity index (χ2v) is 7.80. The van der Waals surface area contributed by atoms with Gasteiger partial charge in [0.25, 0.3) is 0 Å². The number of nitrogens with zero attached hydrogens (tertiary/aromatic N) is 5. The summed E-state index contributed by atoms with van der Waals surface area (Å²) in [4.78, 5) is 21.3. The van der Waals surface area contributed by atoms with Crippen LogP contribution in [0.15, 0.2) is 73.3 Å². The van der Waals surface area contributed by atoms with Gasteiger partial charge in [-0.1, -0.05) is 18.2 Å². The topological polar surface area (TPSA) is 77.6 Å². The summed E-state index contributed by atoms with van der Waals surface area (Å²) in [6, 6.07) is 13.7. The molecule has 5 rings (SSSR count). The van der Waals surface area contributed by atoms with Crippen LogP contribution >= 0.6 is 0 Å². The molecule has 1 aliphatic heterocycles. The van der Waals surface area contributed by atoms with Gasteiger partial charge in [0.05, 0.1) is 17.9 Å². The summed E-state index contributed by atoms with van der Waals surface area (Å²) >= 11 is 0. The van der Waals surface area contributed by atoms with Gasteiger partial charge in [-0.3, -0.25) is 9.78 Å². The molecule has 0 atom stereocenters. The van der Waals surface area contributed by atoms with Crippen LogP contribution in [0.3, 0.4) is 0 Å². The normalized spacial score (nSPS) is 13.2. The van der Waals surface area contributed by atoms with Crippen molar-refractivity contribution in [2.45, 2.75) is 32.4 Å². The Balaban J connectivity index is 1.33. The molecule has 4 heterocycles. The highest BCUT2D eigenvalue weighted by atomic mass is 16.1. The van der Waals surface area contributed by atoms with E-state index in [1.54, 1.807) is 24.5 Å². The standard InChI is InChI=1S/C25H24N6O/c32-24(27-16-21-18-30-14-5-4-10-23(30)28-21)12-11-20-17-31(22-8-2-1-3-9-22)29-25(20)19-7-6-13-26-15-19/h1-3,6-9,11-13,15,17-18H,4-5,10,14,16H2,(H,27,32)/b12-11+. The minimum absolute atomic E-state index is 0.166. The molecule has 7 heteroatoms. The lowest BCUT2D eigenvalue weighted by Crippen LogP contribution is -2.20. The zero-order chi connectivity index (χ0) is 21.8. The molecule has 32 heavy (non-hydrogen) atoms. The van der Waals surface area contributed by atoms with Crippen LogP contribution in [0.2, 0.25) is 0 Å². The fourth-order valence-electron chi connectivity index (χ4n) is 3.91. The summed E-state index contributed by atoms with van der Waals surface area (Å²) in [5, 5.41) is 7.68. The van der Waals surface area contributed by atoms with E-state index in [1.807, 2.05) is 59.5 Å². The Morgan fingerprint density at radius 3 is 2.81 bits per heavy atom. The first kappa shape index (κ1) is 19.9. The highest BCUT2D eigenvalue weighted by Crippen LogP contribution is 2.24. The van der Waals surface area contributed by atoms with E-state index in [-0.39, 0.29) is 5.91 Å². The molecular weight excluding hydrogens is 400 g/mol. The number of amides is 1. The Morgan fingerprint density at radius 2 is 2.00 bits per heavy atom. The molecule has 0 radical (unpaired) electrons. The van der Waals surface area contributed by atoms with Crippen molar-refractivity contribution in [2.24, 2.45) is 0 Å². The number of nitrogens with one attached hydrogen (secondary N) is 1. The second-order valence-electron chi connectivity index (χ2n) is 7.80. The van der Waals surface area contributed by atoms with Crippen LogP contribution < -0.4 is 5.32 Å². The van der Waals surface area contributed by atoms with Crippen LogP contribution in [0, 0.1) is 0 Å². The Morgan fingerprint density at radius 1 is 1.09 bits per heavy atom. The van der Waals surface area contributed by atoms with Gasteiger partial charge in [0.1, 0.15) is 11.5 Å². The molecule has 1 aliphatic rings. The number of imidazole rings is 1. The SMILES string of the molecule is O=C(/C=C/c1cn(-c2ccccc2)nc1-c1cccnc1)NCc1cn2c(n1)CCCC2. The van der Waals surface area contributed by atoms with Crippen molar-refractivity contribution >= 4 is 12.0 Å². The Labute approximate surface area is 186 Å². The summed E-state index contributed by atoms with van der Waals surface area (Å²) in [5.74, 6) is 0.950. The Bertz CT molecular complexity index is 1220. The average molecular weight is 425 g/mol. The average Bonchev–Trinajstić information content (AvgIpc) is 3.47. The number of para-hydroxylation sites is 1. The van der Waals surface area contributed by atoms with Gasteiger partial charge in [0.15, 0.2) is 0 Å². The zero-order valence-corrected chi connectivity index (χ0v) is 17.7. The highest BCUT2D eigenvalue weighted by molar-refractivity contribution is 5.92. The molecule has 1 aromatic carbocycles. The van der Waals surface area contributed by atoms with Crippen LogP contribution in [-0.4, -0.2) is 30.2 Å². The molecule has 0 saturated carbocycles. The molecule has 160 valence electrons. The summed E-state index contributed by atoms with van der Waals surface area (Å²) in [7, 11) is 0. The van der Waals surface area contributed by atoms with Gasteiger partial charge in [0, 0.05) is 55.0 Å². The maximum atomic E-state index is 12.5. The number of rotatable bonds is 6. The third kappa shape index (κ3) is 4.37. The minimum Gasteiger partial charge on any atom is -0.347 e. The third-order valence-electron chi connectivity index (χ3n) is 5.51. The molecule has 1 N–H and O–H groups in total. The number of fused-ring (bicyclic) bond motifs is 1. The quantitative estimate of drug-likeness (QED) is 0.478. The molecule has 7 nitrogen and oxygen atoms in total. The number of pyridine rings is 1. The fourth-order valence-corrected chi connectivity index (χ4v) is 3.91. The summed E-state index contributed by atoms with van der Waals surface area (Å²) in [6.45, 7) is 1.43. The molecule has 4 aromatic rings. The first-order chi connectivity index (χ1) is 15.8. The molecule has 0 unspecified atom stereocenters. The van der Waals surface area contributed by atoms with E-state index in [0.29, 0.717) is 6.54 Å². The molecular formula is C25H24N6O. The van der Waals surface area contributed by atoms with Crippen LogP contribution in [-0.2, 0) is 24.3 Å². The number of hydrogen-bond acceptors (Lipinski definition) is 4. The van der Waals surface area contributed by atoms with Crippen molar-refractivity contribution in [2.75, 3.05) is 0 Å². The van der Waals surface area contributed by atoms with E-state index in [0.717, 1.165) is 47.0 Å². The van der Waals surface area contributed by atoms with Gasteiger partial charge < -0.3 is 9.88 Å². The van der Waals surface area contributed by atoms with Crippen molar-refractivity contribution in [3.05, 3.63) is 90.4 Å². The molecule has 0 saturated heterocycles. The maximum absolute atomic E-state index is 12.5. The number of benzene rings is 1. The van der Waals surface area contributed by atoms with Gasteiger partial charge in [-0.2, -0.15) is 5.10 Å². The van der Waals surface area contributed by atoms with Gasteiger partial charge in [-0.15, -0.1) is 0 Å². The lowest BCUT2D eigenvalue weighted by Gasteiger charge is -2.11.